The van der Waals surface area contributed by atoms with Gasteiger partial charge in [0.15, 0.2) is 5.82 Å². The zero-order chi connectivity index (χ0) is 14.7. The van der Waals surface area contributed by atoms with Gasteiger partial charge in [-0.05, 0) is 37.8 Å². The summed E-state index contributed by atoms with van der Waals surface area (Å²) in [5.74, 6) is 0.356. The van der Waals surface area contributed by atoms with Crippen LogP contribution >= 0.6 is 0 Å². The number of fused-ring (bicyclic) bond motifs is 1. The Hall–Kier alpha value is -1.88. The first-order valence-corrected chi connectivity index (χ1v) is 7.56. The highest BCUT2D eigenvalue weighted by molar-refractivity contribution is 5.93. The number of nitrogens with zero attached hydrogens (tertiary/aromatic N) is 2. The molecule has 1 amide bonds. The van der Waals surface area contributed by atoms with Gasteiger partial charge in [0, 0.05) is 20.2 Å². The van der Waals surface area contributed by atoms with Gasteiger partial charge in [-0.15, -0.1) is 0 Å². The van der Waals surface area contributed by atoms with E-state index in [2.05, 4.69) is 9.97 Å². The minimum absolute atomic E-state index is 0.0569. The van der Waals surface area contributed by atoms with Crippen LogP contribution in [0.4, 0.5) is 0 Å². The van der Waals surface area contributed by atoms with Crippen molar-refractivity contribution in [3.63, 3.8) is 0 Å². The van der Waals surface area contributed by atoms with Gasteiger partial charge in [0.25, 0.3) is 5.91 Å². The molecule has 2 heterocycles. The van der Waals surface area contributed by atoms with E-state index in [-0.39, 0.29) is 5.91 Å². The smallest absolute Gasteiger partial charge is 0.289 e. The monoisotopic (exact) mass is 287 g/mol. The van der Waals surface area contributed by atoms with Crippen LogP contribution in [0.2, 0.25) is 0 Å². The predicted molar refractivity (Wildman–Crippen MR) is 81.3 cm³/mol. The van der Waals surface area contributed by atoms with Gasteiger partial charge in [-0.3, -0.25) is 4.79 Å². The Kier molecular flexibility index (Phi) is 4.20. The number of benzene rings is 1. The number of H-pyrrole nitrogens is 1. The van der Waals surface area contributed by atoms with Gasteiger partial charge >= 0.3 is 0 Å². The maximum absolute atomic E-state index is 12.3. The first-order valence-electron chi connectivity index (χ1n) is 7.56. The molecule has 0 unspecified atom stereocenters. The van der Waals surface area contributed by atoms with Crippen molar-refractivity contribution in [1.82, 2.24) is 14.9 Å². The Balaban J connectivity index is 1.55. The summed E-state index contributed by atoms with van der Waals surface area (Å²) < 4.78 is 5.60. The largest absolute Gasteiger partial charge is 0.378 e. The summed E-state index contributed by atoms with van der Waals surface area (Å²) in [5.41, 5.74) is 1.72. The topological polar surface area (TPSA) is 58.2 Å². The fraction of sp³-hybridized carbons (Fsp3) is 0.500. The molecule has 1 atom stereocenters. The molecule has 1 aliphatic rings. The number of ether oxygens (including phenoxy) is 1. The van der Waals surface area contributed by atoms with E-state index < -0.39 is 0 Å². The summed E-state index contributed by atoms with van der Waals surface area (Å²) in [6.45, 7) is 1.62. The summed E-state index contributed by atoms with van der Waals surface area (Å²) >= 11 is 0. The number of aromatic nitrogens is 2. The molecule has 1 aliphatic heterocycles. The molecule has 1 fully saturated rings. The van der Waals surface area contributed by atoms with E-state index in [4.69, 9.17) is 4.74 Å². The molecule has 0 spiro atoms. The Labute approximate surface area is 124 Å². The number of imidazole rings is 1. The number of hydrogen-bond donors (Lipinski definition) is 1. The van der Waals surface area contributed by atoms with Crippen LogP contribution in [0.25, 0.3) is 11.0 Å². The minimum Gasteiger partial charge on any atom is -0.378 e. The standard InChI is InChI=1S/C16H21N3O2/c1-19(10-4-6-12-7-5-11-21-12)16(20)15-17-13-8-2-3-9-14(13)18-15/h2-3,8-9,12H,4-7,10-11H2,1H3,(H,17,18)/t12-/m1/s1. The average Bonchev–Trinajstić information content (AvgIpc) is 3.15. The van der Waals surface area contributed by atoms with Crippen LogP contribution in [0.3, 0.4) is 0 Å². The zero-order valence-corrected chi connectivity index (χ0v) is 12.3. The first kappa shape index (κ1) is 14.1. The van der Waals surface area contributed by atoms with Crippen molar-refractivity contribution in [2.45, 2.75) is 31.8 Å². The Morgan fingerprint density at radius 3 is 3.10 bits per heavy atom. The lowest BCUT2D eigenvalue weighted by Crippen LogP contribution is -2.29. The normalized spacial score (nSPS) is 18.2. The van der Waals surface area contributed by atoms with Crippen molar-refractivity contribution < 1.29 is 9.53 Å². The number of rotatable bonds is 5. The second-order valence-corrected chi connectivity index (χ2v) is 5.61. The van der Waals surface area contributed by atoms with E-state index in [1.807, 2.05) is 31.3 Å². The molecule has 1 N–H and O–H groups in total. The lowest BCUT2D eigenvalue weighted by molar-refractivity contribution is 0.0753. The lowest BCUT2D eigenvalue weighted by Gasteiger charge is -2.16. The van der Waals surface area contributed by atoms with Crippen LogP contribution in [0, 0.1) is 0 Å². The Bertz CT molecular complexity index is 584. The number of hydrogen-bond acceptors (Lipinski definition) is 3. The molecule has 1 saturated heterocycles. The fourth-order valence-electron chi connectivity index (χ4n) is 2.76. The quantitative estimate of drug-likeness (QED) is 0.919. The van der Waals surface area contributed by atoms with Gasteiger partial charge < -0.3 is 14.6 Å². The number of carbonyl (C=O) groups is 1. The molecule has 5 nitrogen and oxygen atoms in total. The van der Waals surface area contributed by atoms with E-state index in [0.29, 0.717) is 11.9 Å². The highest BCUT2D eigenvalue weighted by Gasteiger charge is 2.18. The molecule has 0 radical (unpaired) electrons. The molecular weight excluding hydrogens is 266 g/mol. The summed E-state index contributed by atoms with van der Waals surface area (Å²) in [6, 6.07) is 7.68. The number of aromatic amines is 1. The summed E-state index contributed by atoms with van der Waals surface area (Å²) in [6.07, 6.45) is 4.70. The van der Waals surface area contributed by atoms with E-state index in [0.717, 1.165) is 43.4 Å². The van der Waals surface area contributed by atoms with E-state index >= 15 is 0 Å². The maximum Gasteiger partial charge on any atom is 0.289 e. The van der Waals surface area contributed by atoms with Crippen molar-refractivity contribution >= 4 is 16.9 Å². The third kappa shape index (κ3) is 3.24. The summed E-state index contributed by atoms with van der Waals surface area (Å²) in [4.78, 5) is 21.5. The van der Waals surface area contributed by atoms with Crippen LogP contribution in [0.5, 0.6) is 0 Å². The third-order valence-electron chi connectivity index (χ3n) is 3.98. The molecule has 1 aromatic carbocycles. The van der Waals surface area contributed by atoms with Gasteiger partial charge in [-0.2, -0.15) is 0 Å². The summed E-state index contributed by atoms with van der Waals surface area (Å²) in [7, 11) is 1.82. The third-order valence-corrected chi connectivity index (χ3v) is 3.98. The number of amides is 1. The molecule has 0 aliphatic carbocycles. The molecule has 3 rings (SSSR count). The van der Waals surface area contributed by atoms with Crippen LogP contribution in [-0.2, 0) is 4.74 Å². The maximum atomic E-state index is 12.3. The number of nitrogens with one attached hydrogen (secondary N) is 1. The van der Waals surface area contributed by atoms with Crippen LogP contribution in [0.1, 0.15) is 36.3 Å². The van der Waals surface area contributed by atoms with E-state index in [9.17, 15) is 4.79 Å². The Morgan fingerprint density at radius 1 is 1.48 bits per heavy atom. The van der Waals surface area contributed by atoms with Crippen molar-refractivity contribution in [3.05, 3.63) is 30.1 Å². The van der Waals surface area contributed by atoms with Crippen molar-refractivity contribution in [2.75, 3.05) is 20.2 Å². The van der Waals surface area contributed by atoms with Crippen molar-refractivity contribution in [3.8, 4) is 0 Å². The molecule has 0 bridgehead atoms. The van der Waals surface area contributed by atoms with Crippen LogP contribution in [0.15, 0.2) is 24.3 Å². The lowest BCUT2D eigenvalue weighted by atomic mass is 10.1. The fourth-order valence-corrected chi connectivity index (χ4v) is 2.76. The molecule has 112 valence electrons. The number of para-hydroxylation sites is 2. The predicted octanol–water partition coefficient (Wildman–Crippen LogP) is 2.59. The first-order chi connectivity index (χ1) is 10.2. The van der Waals surface area contributed by atoms with Gasteiger partial charge in [-0.25, -0.2) is 4.98 Å². The van der Waals surface area contributed by atoms with Crippen LogP contribution < -0.4 is 0 Å². The molecule has 0 saturated carbocycles. The molecular formula is C16H21N3O2. The van der Waals surface area contributed by atoms with E-state index in [1.165, 1.54) is 6.42 Å². The van der Waals surface area contributed by atoms with Crippen LogP contribution in [-0.4, -0.2) is 47.1 Å². The summed E-state index contributed by atoms with van der Waals surface area (Å²) in [5, 5.41) is 0. The highest BCUT2D eigenvalue weighted by Crippen LogP contribution is 2.17. The average molecular weight is 287 g/mol. The van der Waals surface area contributed by atoms with Crippen molar-refractivity contribution in [1.29, 1.82) is 0 Å². The van der Waals surface area contributed by atoms with Gasteiger partial charge in [-0.1, -0.05) is 12.1 Å². The number of carbonyl (C=O) groups excluding carboxylic acids is 1. The molecule has 5 heteroatoms. The second-order valence-electron chi connectivity index (χ2n) is 5.61. The molecule has 2 aromatic rings. The van der Waals surface area contributed by atoms with Gasteiger partial charge in [0.1, 0.15) is 0 Å². The highest BCUT2D eigenvalue weighted by atomic mass is 16.5. The molecule has 1 aromatic heterocycles. The second kappa shape index (κ2) is 6.26. The van der Waals surface area contributed by atoms with E-state index in [1.54, 1.807) is 4.90 Å². The SMILES string of the molecule is CN(CCC[C@@H]1CCCO1)C(=O)c1nc2ccccc2[nH]1. The zero-order valence-electron chi connectivity index (χ0n) is 12.3. The Morgan fingerprint density at radius 2 is 2.33 bits per heavy atom. The van der Waals surface area contributed by atoms with Crippen molar-refractivity contribution in [2.24, 2.45) is 0 Å². The minimum atomic E-state index is -0.0569. The van der Waals surface area contributed by atoms with Gasteiger partial charge in [0.05, 0.1) is 17.1 Å². The van der Waals surface area contributed by atoms with Gasteiger partial charge in [0.2, 0.25) is 0 Å². The molecule has 21 heavy (non-hydrogen) atoms.